The van der Waals surface area contributed by atoms with Gasteiger partial charge in [0.1, 0.15) is 5.60 Å². The molecule has 0 saturated carbocycles. The fraction of sp³-hybridized carbons (Fsp3) is 0.500. The standard InChI is InChI=1S/C18H26N2O4S/c1-18(2,3)24-17(23)20-11-7-10-15(21)19-12-13-25-16(22)14-8-5-4-6-9-14/h4-6,8-9H,7,10-13H2,1-3H3,(H,19,21)(H,20,23). The number of carbonyl (C=O) groups excluding carboxylic acids is 3. The smallest absolute Gasteiger partial charge is 0.407 e. The Morgan fingerprint density at radius 3 is 2.36 bits per heavy atom. The van der Waals surface area contributed by atoms with E-state index in [4.69, 9.17) is 4.74 Å². The van der Waals surface area contributed by atoms with Crippen molar-refractivity contribution in [2.24, 2.45) is 0 Å². The van der Waals surface area contributed by atoms with Gasteiger partial charge in [-0.15, -0.1) is 0 Å². The number of amides is 2. The summed E-state index contributed by atoms with van der Waals surface area (Å²) in [6, 6.07) is 9.04. The van der Waals surface area contributed by atoms with Crippen LogP contribution in [-0.2, 0) is 9.53 Å². The lowest BCUT2D eigenvalue weighted by Gasteiger charge is -2.19. The number of ether oxygens (including phenoxy) is 1. The maximum absolute atomic E-state index is 11.9. The molecule has 1 aromatic carbocycles. The maximum Gasteiger partial charge on any atom is 0.407 e. The summed E-state index contributed by atoms with van der Waals surface area (Å²) < 4.78 is 5.10. The highest BCUT2D eigenvalue weighted by Gasteiger charge is 2.15. The van der Waals surface area contributed by atoms with Gasteiger partial charge in [-0.2, -0.15) is 0 Å². The zero-order valence-corrected chi connectivity index (χ0v) is 15.8. The topological polar surface area (TPSA) is 84.5 Å². The summed E-state index contributed by atoms with van der Waals surface area (Å²) >= 11 is 1.18. The van der Waals surface area contributed by atoms with E-state index in [0.717, 1.165) is 0 Å². The molecule has 0 aliphatic heterocycles. The van der Waals surface area contributed by atoms with Crippen LogP contribution in [0.3, 0.4) is 0 Å². The number of benzene rings is 1. The van der Waals surface area contributed by atoms with E-state index in [2.05, 4.69) is 10.6 Å². The molecule has 0 radical (unpaired) electrons. The normalized spacial score (nSPS) is 10.8. The van der Waals surface area contributed by atoms with Crippen molar-refractivity contribution in [2.45, 2.75) is 39.2 Å². The predicted octanol–water partition coefficient (Wildman–Crippen LogP) is 2.98. The molecule has 138 valence electrons. The van der Waals surface area contributed by atoms with Crippen molar-refractivity contribution in [1.82, 2.24) is 10.6 Å². The first-order valence-electron chi connectivity index (χ1n) is 8.23. The number of hydrogen-bond acceptors (Lipinski definition) is 5. The van der Waals surface area contributed by atoms with Crippen molar-refractivity contribution < 1.29 is 19.1 Å². The molecule has 2 N–H and O–H groups in total. The van der Waals surface area contributed by atoms with Crippen LogP contribution < -0.4 is 10.6 Å². The Bertz CT molecular complexity index is 570. The number of thioether (sulfide) groups is 1. The van der Waals surface area contributed by atoms with Crippen LogP contribution in [0.15, 0.2) is 30.3 Å². The van der Waals surface area contributed by atoms with Crippen molar-refractivity contribution >= 4 is 28.9 Å². The molecule has 6 nitrogen and oxygen atoms in total. The third-order valence-electron chi connectivity index (χ3n) is 2.92. The highest BCUT2D eigenvalue weighted by molar-refractivity contribution is 8.14. The Hall–Kier alpha value is -2.02. The third kappa shape index (κ3) is 10.4. The number of rotatable bonds is 8. The second kappa shape index (κ2) is 10.8. The molecule has 0 fully saturated rings. The molecule has 0 aliphatic carbocycles. The summed E-state index contributed by atoms with van der Waals surface area (Å²) in [6.07, 6.45) is 0.359. The number of alkyl carbamates (subject to hydrolysis) is 1. The minimum atomic E-state index is -0.531. The minimum Gasteiger partial charge on any atom is -0.444 e. The van der Waals surface area contributed by atoms with E-state index in [9.17, 15) is 14.4 Å². The molecule has 1 aromatic rings. The quantitative estimate of drug-likeness (QED) is 0.691. The average molecular weight is 366 g/mol. The van der Waals surface area contributed by atoms with E-state index >= 15 is 0 Å². The van der Waals surface area contributed by atoms with Gasteiger partial charge >= 0.3 is 6.09 Å². The second-order valence-corrected chi connectivity index (χ2v) is 7.45. The first kappa shape index (κ1) is 21.0. The van der Waals surface area contributed by atoms with E-state index in [0.29, 0.717) is 37.2 Å². The van der Waals surface area contributed by atoms with Crippen molar-refractivity contribution in [2.75, 3.05) is 18.8 Å². The zero-order chi connectivity index (χ0) is 18.7. The molecule has 2 amide bonds. The van der Waals surface area contributed by atoms with Crippen molar-refractivity contribution in [3.8, 4) is 0 Å². The van der Waals surface area contributed by atoms with E-state index in [1.54, 1.807) is 32.9 Å². The molecule has 7 heteroatoms. The molecule has 1 rings (SSSR count). The van der Waals surface area contributed by atoms with Gasteiger partial charge in [-0.3, -0.25) is 9.59 Å². The van der Waals surface area contributed by atoms with Gasteiger partial charge in [-0.05, 0) is 27.2 Å². The molecular weight excluding hydrogens is 340 g/mol. The first-order chi connectivity index (χ1) is 11.8. The van der Waals surface area contributed by atoms with Crippen LogP contribution in [0.1, 0.15) is 44.0 Å². The summed E-state index contributed by atoms with van der Waals surface area (Å²) in [5.74, 6) is 0.425. The summed E-state index contributed by atoms with van der Waals surface area (Å²) in [4.78, 5) is 35.0. The van der Waals surface area contributed by atoms with Gasteiger partial charge in [-0.1, -0.05) is 42.1 Å². The minimum absolute atomic E-state index is 0.00332. The molecule has 25 heavy (non-hydrogen) atoms. The van der Waals surface area contributed by atoms with E-state index in [-0.39, 0.29) is 11.0 Å². The van der Waals surface area contributed by atoms with Crippen LogP contribution in [0.2, 0.25) is 0 Å². The van der Waals surface area contributed by atoms with E-state index in [1.165, 1.54) is 11.8 Å². The number of nitrogens with one attached hydrogen (secondary N) is 2. The lowest BCUT2D eigenvalue weighted by Crippen LogP contribution is -2.33. The van der Waals surface area contributed by atoms with Gasteiger partial charge in [0.05, 0.1) is 0 Å². The molecular formula is C18H26N2O4S. The largest absolute Gasteiger partial charge is 0.444 e. The van der Waals surface area contributed by atoms with Crippen molar-refractivity contribution in [3.05, 3.63) is 35.9 Å². The third-order valence-corrected chi connectivity index (χ3v) is 3.82. The Labute approximate surface area is 153 Å². The Morgan fingerprint density at radius 2 is 1.72 bits per heavy atom. The average Bonchev–Trinajstić information content (AvgIpc) is 2.54. The van der Waals surface area contributed by atoms with Crippen LogP contribution in [0.25, 0.3) is 0 Å². The van der Waals surface area contributed by atoms with Crippen LogP contribution in [0, 0.1) is 0 Å². The van der Waals surface area contributed by atoms with Crippen molar-refractivity contribution in [1.29, 1.82) is 0 Å². The molecule has 0 heterocycles. The molecule has 0 unspecified atom stereocenters. The molecule has 0 bridgehead atoms. The first-order valence-corrected chi connectivity index (χ1v) is 9.22. The molecule has 0 saturated heterocycles. The van der Waals surface area contributed by atoms with Gasteiger partial charge in [0, 0.05) is 30.8 Å². The second-order valence-electron chi connectivity index (χ2n) is 6.38. The monoisotopic (exact) mass is 366 g/mol. The molecule has 0 aromatic heterocycles. The SMILES string of the molecule is CC(C)(C)OC(=O)NCCCC(=O)NCCSC(=O)c1ccccc1. The zero-order valence-electron chi connectivity index (χ0n) is 15.0. The Balaban J connectivity index is 2.06. The van der Waals surface area contributed by atoms with Crippen LogP contribution in [0.4, 0.5) is 4.79 Å². The van der Waals surface area contributed by atoms with Crippen LogP contribution in [-0.4, -0.2) is 41.6 Å². The van der Waals surface area contributed by atoms with Crippen LogP contribution in [0.5, 0.6) is 0 Å². The van der Waals surface area contributed by atoms with E-state index in [1.807, 2.05) is 18.2 Å². The van der Waals surface area contributed by atoms with Gasteiger partial charge in [0.15, 0.2) is 0 Å². The molecule has 0 atom stereocenters. The highest BCUT2D eigenvalue weighted by Crippen LogP contribution is 2.11. The summed E-state index contributed by atoms with van der Waals surface area (Å²) in [5.41, 5.74) is 0.128. The lowest BCUT2D eigenvalue weighted by molar-refractivity contribution is -0.121. The van der Waals surface area contributed by atoms with Gasteiger partial charge in [-0.25, -0.2) is 4.79 Å². The molecule has 0 aliphatic rings. The highest BCUT2D eigenvalue weighted by atomic mass is 32.2. The summed E-state index contributed by atoms with van der Waals surface area (Å²) in [5, 5.41) is 5.36. The maximum atomic E-state index is 11.9. The van der Waals surface area contributed by atoms with Crippen molar-refractivity contribution in [3.63, 3.8) is 0 Å². The number of carbonyl (C=O) groups is 3. The fourth-order valence-corrected chi connectivity index (χ4v) is 2.53. The van der Waals surface area contributed by atoms with Crippen LogP contribution >= 0.6 is 11.8 Å². The van der Waals surface area contributed by atoms with Gasteiger partial charge < -0.3 is 15.4 Å². The Kier molecular flexibility index (Phi) is 9.05. The molecule has 0 spiro atoms. The summed E-state index contributed by atoms with van der Waals surface area (Å²) in [6.45, 7) is 6.19. The fourth-order valence-electron chi connectivity index (χ4n) is 1.83. The Morgan fingerprint density at radius 1 is 1.04 bits per heavy atom. The lowest BCUT2D eigenvalue weighted by atomic mass is 10.2. The summed E-state index contributed by atoms with van der Waals surface area (Å²) in [7, 11) is 0. The van der Waals surface area contributed by atoms with Gasteiger partial charge in [0.25, 0.3) is 0 Å². The number of hydrogen-bond donors (Lipinski definition) is 2. The van der Waals surface area contributed by atoms with Gasteiger partial charge in [0.2, 0.25) is 11.0 Å². The predicted molar refractivity (Wildman–Crippen MR) is 99.7 cm³/mol. The van der Waals surface area contributed by atoms with E-state index < -0.39 is 11.7 Å².